The van der Waals surface area contributed by atoms with Crippen molar-refractivity contribution in [3.8, 4) is 22.5 Å². The summed E-state index contributed by atoms with van der Waals surface area (Å²) < 4.78 is 4.81. The number of allylic oxidation sites excluding steroid dienone is 3. The summed E-state index contributed by atoms with van der Waals surface area (Å²) in [6, 6.07) is 54.7. The van der Waals surface area contributed by atoms with Crippen LogP contribution >= 0.6 is 0 Å². The molecule has 0 saturated heterocycles. The molecule has 2 aromatic heterocycles. The third-order valence-electron chi connectivity index (χ3n) is 9.18. The van der Waals surface area contributed by atoms with Crippen molar-refractivity contribution in [2.45, 2.75) is 6.42 Å². The summed E-state index contributed by atoms with van der Waals surface area (Å²) in [5, 5.41) is 3.84. The van der Waals surface area contributed by atoms with Crippen LogP contribution in [-0.2, 0) is 6.42 Å². The Hall–Kier alpha value is -5.86. The first-order valence-corrected chi connectivity index (χ1v) is 15.6. The normalized spacial score (nSPS) is 12.8. The van der Waals surface area contributed by atoms with Crippen LogP contribution in [0.15, 0.2) is 164 Å². The standard InChI is InChI=1S/C43H30N2/c1-3-12-30(13-4-1)31-22-25-35(26-23-31)45-40-20-9-7-17-36(40)37-19-11-14-32(29-43(37)45)33-24-27-42-39(28-33)38-18-8-10-21-41(38)44(42)34-15-5-2-6-16-34/h1-18,20-29H,19H2. The van der Waals surface area contributed by atoms with Crippen molar-refractivity contribution in [2.24, 2.45) is 0 Å². The van der Waals surface area contributed by atoms with Gasteiger partial charge in [-0.3, -0.25) is 0 Å². The molecule has 45 heavy (non-hydrogen) atoms. The minimum Gasteiger partial charge on any atom is -0.310 e. The van der Waals surface area contributed by atoms with Crippen molar-refractivity contribution in [1.82, 2.24) is 9.13 Å². The zero-order valence-corrected chi connectivity index (χ0v) is 24.8. The number of benzene rings is 6. The summed E-state index contributed by atoms with van der Waals surface area (Å²) in [7, 11) is 0. The van der Waals surface area contributed by atoms with Gasteiger partial charge in [-0.15, -0.1) is 0 Å². The van der Waals surface area contributed by atoms with Gasteiger partial charge in [-0.2, -0.15) is 0 Å². The van der Waals surface area contributed by atoms with Gasteiger partial charge >= 0.3 is 0 Å². The maximum Gasteiger partial charge on any atom is 0.0541 e. The predicted molar refractivity (Wildman–Crippen MR) is 190 cm³/mol. The largest absolute Gasteiger partial charge is 0.310 e. The highest BCUT2D eigenvalue weighted by molar-refractivity contribution is 6.10. The lowest BCUT2D eigenvalue weighted by Gasteiger charge is -2.12. The van der Waals surface area contributed by atoms with Crippen LogP contribution in [0.1, 0.15) is 16.8 Å². The molecular weight excluding hydrogens is 544 g/mol. The van der Waals surface area contributed by atoms with E-state index in [4.69, 9.17) is 0 Å². The summed E-state index contributed by atoms with van der Waals surface area (Å²) >= 11 is 0. The van der Waals surface area contributed by atoms with E-state index in [1.54, 1.807) is 0 Å². The Labute approximate surface area is 262 Å². The third-order valence-corrected chi connectivity index (χ3v) is 9.18. The van der Waals surface area contributed by atoms with Crippen LogP contribution in [0.2, 0.25) is 0 Å². The molecule has 9 rings (SSSR count). The molecule has 0 radical (unpaired) electrons. The van der Waals surface area contributed by atoms with Gasteiger partial charge in [0, 0.05) is 27.5 Å². The minimum atomic E-state index is 0.889. The minimum absolute atomic E-state index is 0.889. The predicted octanol–water partition coefficient (Wildman–Crippen LogP) is 11.0. The Morgan fingerprint density at radius 3 is 1.78 bits per heavy atom. The Morgan fingerprint density at radius 1 is 0.422 bits per heavy atom. The molecule has 0 aliphatic heterocycles. The molecular formula is C43H30N2. The van der Waals surface area contributed by atoms with Gasteiger partial charge in [0.1, 0.15) is 0 Å². The molecule has 0 N–H and O–H groups in total. The molecule has 0 fully saturated rings. The number of nitrogens with zero attached hydrogens (tertiary/aromatic N) is 2. The molecule has 1 aliphatic rings. The van der Waals surface area contributed by atoms with E-state index in [-0.39, 0.29) is 0 Å². The smallest absolute Gasteiger partial charge is 0.0541 e. The van der Waals surface area contributed by atoms with E-state index >= 15 is 0 Å². The molecule has 1 aliphatic carbocycles. The monoisotopic (exact) mass is 574 g/mol. The maximum absolute atomic E-state index is 2.44. The van der Waals surface area contributed by atoms with E-state index in [1.807, 2.05) is 0 Å². The van der Waals surface area contributed by atoms with Gasteiger partial charge in [0.15, 0.2) is 0 Å². The molecule has 2 heteroatoms. The summed E-state index contributed by atoms with van der Waals surface area (Å²) in [5.74, 6) is 0. The molecule has 0 unspecified atom stereocenters. The van der Waals surface area contributed by atoms with Gasteiger partial charge in [0.05, 0.1) is 22.2 Å². The van der Waals surface area contributed by atoms with Gasteiger partial charge in [0.25, 0.3) is 0 Å². The molecule has 212 valence electrons. The van der Waals surface area contributed by atoms with Crippen molar-refractivity contribution in [2.75, 3.05) is 0 Å². The fourth-order valence-corrected chi connectivity index (χ4v) is 7.09. The van der Waals surface area contributed by atoms with Gasteiger partial charge in [-0.05, 0) is 88.9 Å². The number of aromatic nitrogens is 2. The molecule has 0 saturated carbocycles. The number of hydrogen-bond acceptors (Lipinski definition) is 0. The maximum atomic E-state index is 2.44. The fraction of sp³-hybridized carbons (Fsp3) is 0.0233. The first-order chi connectivity index (χ1) is 22.3. The molecule has 6 aromatic carbocycles. The number of para-hydroxylation sites is 3. The Bertz CT molecular complexity index is 2420. The molecule has 8 aromatic rings. The molecule has 0 bridgehead atoms. The van der Waals surface area contributed by atoms with E-state index in [9.17, 15) is 0 Å². The van der Waals surface area contributed by atoms with E-state index in [0.717, 1.165) is 6.42 Å². The van der Waals surface area contributed by atoms with Crippen LogP contribution in [0.4, 0.5) is 0 Å². The summed E-state index contributed by atoms with van der Waals surface area (Å²) in [6.07, 6.45) is 7.90. The Balaban J connectivity index is 1.22. The summed E-state index contributed by atoms with van der Waals surface area (Å²) in [6.45, 7) is 0. The lowest BCUT2D eigenvalue weighted by molar-refractivity contribution is 1.09. The van der Waals surface area contributed by atoms with Gasteiger partial charge in [-0.1, -0.05) is 115 Å². The van der Waals surface area contributed by atoms with Gasteiger partial charge < -0.3 is 9.13 Å². The van der Waals surface area contributed by atoms with Crippen LogP contribution in [0.3, 0.4) is 0 Å². The van der Waals surface area contributed by atoms with Crippen molar-refractivity contribution in [3.63, 3.8) is 0 Å². The second-order valence-electron chi connectivity index (χ2n) is 11.8. The van der Waals surface area contributed by atoms with Crippen molar-refractivity contribution in [3.05, 3.63) is 181 Å². The van der Waals surface area contributed by atoms with E-state index in [0.29, 0.717) is 0 Å². The average Bonchev–Trinajstić information content (AvgIpc) is 3.50. The first kappa shape index (κ1) is 25.6. The Morgan fingerprint density at radius 2 is 1.00 bits per heavy atom. The topological polar surface area (TPSA) is 9.86 Å². The number of fused-ring (bicyclic) bond motifs is 6. The van der Waals surface area contributed by atoms with Crippen LogP contribution < -0.4 is 0 Å². The zero-order chi connectivity index (χ0) is 29.7. The second kappa shape index (κ2) is 10.4. The second-order valence-corrected chi connectivity index (χ2v) is 11.8. The summed E-state index contributed by atoms with van der Waals surface area (Å²) in [4.78, 5) is 0. The highest BCUT2D eigenvalue weighted by atomic mass is 15.0. The Kier molecular flexibility index (Phi) is 5.92. The van der Waals surface area contributed by atoms with E-state index in [2.05, 4.69) is 179 Å². The lowest BCUT2D eigenvalue weighted by Crippen LogP contribution is -1.98. The molecule has 2 nitrogen and oxygen atoms in total. The molecule has 0 spiro atoms. The van der Waals surface area contributed by atoms with Crippen LogP contribution in [-0.4, -0.2) is 9.13 Å². The van der Waals surface area contributed by atoms with Crippen LogP contribution in [0, 0.1) is 0 Å². The highest BCUT2D eigenvalue weighted by Crippen LogP contribution is 2.38. The average molecular weight is 575 g/mol. The summed E-state index contributed by atoms with van der Waals surface area (Å²) in [5.41, 5.74) is 13.5. The molecule has 2 heterocycles. The van der Waals surface area contributed by atoms with Gasteiger partial charge in [-0.25, -0.2) is 0 Å². The lowest BCUT2D eigenvalue weighted by atomic mass is 10.0. The SMILES string of the molecule is C1=CC(c2ccc3c(c2)c2ccccc2n3-c2ccccc2)=Cc2c(c3ccccc3n2-c2ccc(-c3ccccc3)cc2)C1. The van der Waals surface area contributed by atoms with Gasteiger partial charge in [0.2, 0.25) is 0 Å². The molecule has 0 amide bonds. The number of rotatable bonds is 4. The van der Waals surface area contributed by atoms with E-state index < -0.39 is 0 Å². The van der Waals surface area contributed by atoms with E-state index in [1.165, 1.54) is 77.6 Å². The van der Waals surface area contributed by atoms with Crippen LogP contribution in [0.25, 0.3) is 66.9 Å². The quantitative estimate of drug-likeness (QED) is 0.198. The zero-order valence-electron chi connectivity index (χ0n) is 24.8. The molecule has 0 atom stereocenters. The van der Waals surface area contributed by atoms with Crippen molar-refractivity contribution in [1.29, 1.82) is 0 Å². The number of hydrogen-bond donors (Lipinski definition) is 0. The highest BCUT2D eigenvalue weighted by Gasteiger charge is 2.19. The third kappa shape index (κ3) is 4.18. The van der Waals surface area contributed by atoms with Crippen molar-refractivity contribution >= 4 is 44.4 Å². The fourth-order valence-electron chi connectivity index (χ4n) is 7.09. The van der Waals surface area contributed by atoms with Crippen molar-refractivity contribution < 1.29 is 0 Å². The van der Waals surface area contributed by atoms with Crippen LogP contribution in [0.5, 0.6) is 0 Å². The first-order valence-electron chi connectivity index (χ1n) is 15.6.